The summed E-state index contributed by atoms with van der Waals surface area (Å²) in [6, 6.07) is 18.4. The molecule has 0 atom stereocenters. The van der Waals surface area contributed by atoms with Crippen molar-refractivity contribution in [2.45, 2.75) is 0 Å². The van der Waals surface area contributed by atoms with Crippen LogP contribution in [0.2, 0.25) is 0 Å². The number of hydrogen-bond donors (Lipinski definition) is 1. The van der Waals surface area contributed by atoms with Gasteiger partial charge in [-0.25, -0.2) is 0 Å². The summed E-state index contributed by atoms with van der Waals surface area (Å²) in [5.74, 6) is 0.904. The largest absolute Gasteiger partial charge is 0.496 e. The van der Waals surface area contributed by atoms with Gasteiger partial charge in [-0.05, 0) is 23.8 Å². The summed E-state index contributed by atoms with van der Waals surface area (Å²) in [5, 5.41) is 1.12. The maximum atomic E-state index is 5.36. The maximum Gasteiger partial charge on any atom is 0.128 e. The van der Waals surface area contributed by atoms with Crippen LogP contribution < -0.4 is 4.74 Å². The number of aromatic amines is 1. The lowest BCUT2D eigenvalue weighted by Gasteiger charge is -1.99. The van der Waals surface area contributed by atoms with Crippen LogP contribution >= 0.6 is 0 Å². The minimum Gasteiger partial charge on any atom is -0.496 e. The Hall–Kier alpha value is -2.22. The molecule has 0 unspecified atom stereocenters. The van der Waals surface area contributed by atoms with Crippen LogP contribution in [0.4, 0.5) is 0 Å². The predicted octanol–water partition coefficient (Wildman–Crippen LogP) is 3.84. The molecule has 1 N–H and O–H groups in total. The number of methoxy groups -OCH3 is 1. The molecular weight excluding hydrogens is 210 g/mol. The Bertz CT molecular complexity index is 640. The number of fused-ring (bicyclic) bond motifs is 1. The molecule has 0 radical (unpaired) electrons. The maximum absolute atomic E-state index is 5.36. The van der Waals surface area contributed by atoms with Crippen LogP contribution in [0.1, 0.15) is 0 Å². The monoisotopic (exact) mass is 223 g/mol. The molecule has 1 aromatic heterocycles. The van der Waals surface area contributed by atoms with Crippen LogP contribution in [0.5, 0.6) is 5.75 Å². The topological polar surface area (TPSA) is 25.0 Å². The summed E-state index contributed by atoms with van der Waals surface area (Å²) in [4.78, 5) is 3.41. The van der Waals surface area contributed by atoms with Gasteiger partial charge in [0.1, 0.15) is 5.75 Å². The standard InChI is InChI=1S/C15H13NO/c1-17-15-9-5-8-13-12(15)10-14(16-13)11-6-3-2-4-7-11/h2-10,16H,1H3. The van der Waals surface area contributed by atoms with E-state index >= 15 is 0 Å². The van der Waals surface area contributed by atoms with Crippen LogP contribution in [-0.4, -0.2) is 12.1 Å². The van der Waals surface area contributed by atoms with E-state index in [0.717, 1.165) is 22.3 Å². The van der Waals surface area contributed by atoms with Crippen molar-refractivity contribution in [3.05, 3.63) is 54.6 Å². The highest BCUT2D eigenvalue weighted by Crippen LogP contribution is 2.30. The van der Waals surface area contributed by atoms with Crippen molar-refractivity contribution in [3.63, 3.8) is 0 Å². The highest BCUT2D eigenvalue weighted by Gasteiger charge is 2.06. The summed E-state index contributed by atoms with van der Waals surface area (Å²) in [6.07, 6.45) is 0. The Morgan fingerprint density at radius 3 is 2.53 bits per heavy atom. The second kappa shape index (κ2) is 3.98. The lowest BCUT2D eigenvalue weighted by Crippen LogP contribution is -1.81. The fourth-order valence-corrected chi connectivity index (χ4v) is 2.08. The van der Waals surface area contributed by atoms with Gasteiger partial charge in [-0.15, -0.1) is 0 Å². The summed E-state index contributed by atoms with van der Waals surface area (Å²) in [5.41, 5.74) is 3.40. The average molecular weight is 223 g/mol. The zero-order valence-corrected chi connectivity index (χ0v) is 9.60. The molecule has 2 nitrogen and oxygen atoms in total. The smallest absolute Gasteiger partial charge is 0.128 e. The number of hydrogen-bond acceptors (Lipinski definition) is 1. The first-order valence-corrected chi connectivity index (χ1v) is 5.59. The van der Waals surface area contributed by atoms with Crippen LogP contribution in [-0.2, 0) is 0 Å². The van der Waals surface area contributed by atoms with E-state index in [1.54, 1.807) is 7.11 Å². The van der Waals surface area contributed by atoms with E-state index in [4.69, 9.17) is 4.74 Å². The Balaban J connectivity index is 2.20. The van der Waals surface area contributed by atoms with E-state index in [1.165, 1.54) is 5.56 Å². The normalized spacial score (nSPS) is 10.6. The quantitative estimate of drug-likeness (QED) is 0.701. The molecule has 2 heteroatoms. The number of aromatic nitrogens is 1. The van der Waals surface area contributed by atoms with E-state index in [2.05, 4.69) is 29.2 Å². The first-order valence-electron chi connectivity index (χ1n) is 5.59. The SMILES string of the molecule is COc1cccc2[nH]c(-c3ccccc3)cc12. The third-order valence-electron chi connectivity index (χ3n) is 2.93. The van der Waals surface area contributed by atoms with Crippen molar-refractivity contribution in [3.8, 4) is 17.0 Å². The van der Waals surface area contributed by atoms with Gasteiger partial charge in [0.25, 0.3) is 0 Å². The van der Waals surface area contributed by atoms with Crippen LogP contribution in [0, 0.1) is 0 Å². The van der Waals surface area contributed by atoms with E-state index in [-0.39, 0.29) is 0 Å². The van der Waals surface area contributed by atoms with Gasteiger partial charge in [0, 0.05) is 16.6 Å². The minimum atomic E-state index is 0.904. The molecule has 3 rings (SSSR count). The molecule has 0 saturated heterocycles. The van der Waals surface area contributed by atoms with Gasteiger partial charge in [-0.2, -0.15) is 0 Å². The van der Waals surface area contributed by atoms with Gasteiger partial charge in [-0.1, -0.05) is 36.4 Å². The number of ether oxygens (including phenoxy) is 1. The Labute approximate surface area is 99.9 Å². The molecule has 3 aromatic rings. The number of rotatable bonds is 2. The molecule has 0 amide bonds. The van der Waals surface area contributed by atoms with Crippen LogP contribution in [0.3, 0.4) is 0 Å². The highest BCUT2D eigenvalue weighted by atomic mass is 16.5. The Kier molecular flexibility index (Phi) is 2.33. The second-order valence-electron chi connectivity index (χ2n) is 3.97. The minimum absolute atomic E-state index is 0.904. The molecule has 0 aliphatic carbocycles. The molecule has 0 aliphatic heterocycles. The number of H-pyrrole nitrogens is 1. The molecule has 0 aliphatic rings. The van der Waals surface area contributed by atoms with Gasteiger partial charge in [0.15, 0.2) is 0 Å². The molecule has 0 spiro atoms. The van der Waals surface area contributed by atoms with Crippen LogP contribution in [0.25, 0.3) is 22.2 Å². The van der Waals surface area contributed by atoms with Crippen LogP contribution in [0.15, 0.2) is 54.6 Å². The van der Waals surface area contributed by atoms with E-state index in [9.17, 15) is 0 Å². The predicted molar refractivity (Wildman–Crippen MR) is 70.3 cm³/mol. The fraction of sp³-hybridized carbons (Fsp3) is 0.0667. The molecule has 2 aromatic carbocycles. The molecule has 0 bridgehead atoms. The first kappa shape index (κ1) is 9.97. The van der Waals surface area contributed by atoms with Gasteiger partial charge in [-0.3, -0.25) is 0 Å². The first-order chi connectivity index (χ1) is 8.38. The lowest BCUT2D eigenvalue weighted by molar-refractivity contribution is 0.420. The van der Waals surface area contributed by atoms with Crippen molar-refractivity contribution in [2.24, 2.45) is 0 Å². The van der Waals surface area contributed by atoms with E-state index < -0.39 is 0 Å². The Morgan fingerprint density at radius 1 is 0.941 bits per heavy atom. The van der Waals surface area contributed by atoms with E-state index in [1.807, 2.05) is 30.3 Å². The summed E-state index contributed by atoms with van der Waals surface area (Å²) in [7, 11) is 1.70. The second-order valence-corrected chi connectivity index (χ2v) is 3.97. The third kappa shape index (κ3) is 1.68. The zero-order chi connectivity index (χ0) is 11.7. The molecule has 0 fully saturated rings. The van der Waals surface area contributed by atoms with Crippen molar-refractivity contribution in [1.29, 1.82) is 0 Å². The van der Waals surface area contributed by atoms with Crippen molar-refractivity contribution >= 4 is 10.9 Å². The molecule has 84 valence electrons. The molecule has 0 saturated carbocycles. The average Bonchev–Trinajstić information content (AvgIpc) is 2.83. The summed E-state index contributed by atoms with van der Waals surface area (Å²) in [6.45, 7) is 0. The van der Waals surface area contributed by atoms with Crippen molar-refractivity contribution < 1.29 is 4.74 Å². The summed E-state index contributed by atoms with van der Waals surface area (Å²) < 4.78 is 5.36. The highest BCUT2D eigenvalue weighted by molar-refractivity contribution is 5.90. The summed E-state index contributed by atoms with van der Waals surface area (Å²) >= 11 is 0. The van der Waals surface area contributed by atoms with E-state index in [0.29, 0.717) is 0 Å². The molecule has 17 heavy (non-hydrogen) atoms. The molecule has 1 heterocycles. The number of nitrogens with one attached hydrogen (secondary N) is 1. The van der Waals surface area contributed by atoms with Crippen molar-refractivity contribution in [2.75, 3.05) is 7.11 Å². The lowest BCUT2D eigenvalue weighted by atomic mass is 10.1. The zero-order valence-electron chi connectivity index (χ0n) is 9.60. The molecular formula is C15H13NO. The fourth-order valence-electron chi connectivity index (χ4n) is 2.08. The van der Waals surface area contributed by atoms with Crippen molar-refractivity contribution in [1.82, 2.24) is 4.98 Å². The Morgan fingerprint density at radius 2 is 1.76 bits per heavy atom. The van der Waals surface area contributed by atoms with Gasteiger partial charge in [0.05, 0.1) is 7.11 Å². The van der Waals surface area contributed by atoms with Gasteiger partial charge in [0.2, 0.25) is 0 Å². The van der Waals surface area contributed by atoms with Gasteiger partial charge >= 0.3 is 0 Å². The van der Waals surface area contributed by atoms with Gasteiger partial charge < -0.3 is 9.72 Å². The third-order valence-corrected chi connectivity index (χ3v) is 2.93. The number of benzene rings is 2.